The first kappa shape index (κ1) is 18.6. The summed E-state index contributed by atoms with van der Waals surface area (Å²) < 4.78 is 0. The van der Waals surface area contributed by atoms with E-state index in [0.29, 0.717) is 17.3 Å². The highest BCUT2D eigenvalue weighted by Crippen LogP contribution is 2.23. The van der Waals surface area contributed by atoms with Gasteiger partial charge in [0, 0.05) is 22.5 Å². The lowest BCUT2D eigenvalue weighted by Crippen LogP contribution is -2.37. The molecule has 130 valence electrons. The molecule has 2 heterocycles. The number of rotatable bonds is 4. The standard InChI is InChI=1S/C16H20ClN5O.ClH/c17-12-4-3-5-13-11(12)10-14(20-13)15(23)21-16(18)19-6-9-22-7-1-2-8-22;/h3-5,10,20H,1-2,6-9H2,(H3,18,19,21,23);1H. The number of carbonyl (C=O) groups is 1. The van der Waals surface area contributed by atoms with Gasteiger partial charge in [0.15, 0.2) is 5.96 Å². The first-order valence-electron chi connectivity index (χ1n) is 7.74. The molecule has 4 N–H and O–H groups in total. The van der Waals surface area contributed by atoms with Crippen LogP contribution >= 0.6 is 24.0 Å². The van der Waals surface area contributed by atoms with Gasteiger partial charge in [-0.15, -0.1) is 12.4 Å². The van der Waals surface area contributed by atoms with Gasteiger partial charge in [-0.3, -0.25) is 15.1 Å². The molecule has 1 aromatic heterocycles. The van der Waals surface area contributed by atoms with Crippen LogP contribution < -0.4 is 11.1 Å². The Kier molecular flexibility index (Phi) is 6.48. The lowest BCUT2D eigenvalue weighted by molar-refractivity contribution is 0.0972. The quantitative estimate of drug-likeness (QED) is 0.571. The average Bonchev–Trinajstić information content (AvgIpc) is 3.16. The second-order valence-electron chi connectivity index (χ2n) is 5.65. The second-order valence-corrected chi connectivity index (χ2v) is 6.06. The average molecular weight is 370 g/mol. The minimum atomic E-state index is -0.320. The zero-order valence-corrected chi connectivity index (χ0v) is 14.8. The molecule has 24 heavy (non-hydrogen) atoms. The summed E-state index contributed by atoms with van der Waals surface area (Å²) in [7, 11) is 0. The van der Waals surface area contributed by atoms with Crippen LogP contribution in [0.5, 0.6) is 0 Å². The van der Waals surface area contributed by atoms with E-state index in [-0.39, 0.29) is 24.3 Å². The third-order valence-corrected chi connectivity index (χ3v) is 4.32. The number of amides is 1. The molecule has 0 radical (unpaired) electrons. The van der Waals surface area contributed by atoms with Gasteiger partial charge in [0.25, 0.3) is 5.91 Å². The molecule has 1 fully saturated rings. The van der Waals surface area contributed by atoms with E-state index in [2.05, 4.69) is 20.2 Å². The van der Waals surface area contributed by atoms with E-state index in [4.69, 9.17) is 17.3 Å². The Morgan fingerprint density at radius 2 is 2.12 bits per heavy atom. The van der Waals surface area contributed by atoms with Crippen molar-refractivity contribution in [1.29, 1.82) is 0 Å². The Morgan fingerprint density at radius 3 is 2.83 bits per heavy atom. The molecular formula is C16H21Cl2N5O. The number of nitrogens with zero attached hydrogens (tertiary/aromatic N) is 2. The number of benzene rings is 1. The highest BCUT2D eigenvalue weighted by atomic mass is 35.5. The minimum absolute atomic E-state index is 0. The lowest BCUT2D eigenvalue weighted by Gasteiger charge is -2.12. The topological polar surface area (TPSA) is 86.5 Å². The fourth-order valence-corrected chi connectivity index (χ4v) is 3.01. The van der Waals surface area contributed by atoms with Crippen LogP contribution in [0.1, 0.15) is 23.3 Å². The maximum atomic E-state index is 12.2. The fraction of sp³-hybridized carbons (Fsp3) is 0.375. The third-order valence-electron chi connectivity index (χ3n) is 3.99. The molecule has 0 bridgehead atoms. The van der Waals surface area contributed by atoms with Gasteiger partial charge in [-0.25, -0.2) is 0 Å². The van der Waals surface area contributed by atoms with Crippen molar-refractivity contribution in [3.63, 3.8) is 0 Å². The summed E-state index contributed by atoms with van der Waals surface area (Å²) in [6.45, 7) is 3.71. The zero-order chi connectivity index (χ0) is 16.2. The summed E-state index contributed by atoms with van der Waals surface area (Å²) in [5, 5.41) is 4.01. The summed E-state index contributed by atoms with van der Waals surface area (Å²) >= 11 is 6.11. The van der Waals surface area contributed by atoms with Crippen LogP contribution in [0.25, 0.3) is 10.9 Å². The van der Waals surface area contributed by atoms with Crippen LogP contribution in [0.4, 0.5) is 0 Å². The normalized spacial score (nSPS) is 15.5. The number of fused-ring (bicyclic) bond motifs is 1. The van der Waals surface area contributed by atoms with E-state index in [1.807, 2.05) is 12.1 Å². The third kappa shape index (κ3) is 4.41. The Hall–Kier alpha value is -1.76. The number of carbonyl (C=O) groups excluding carboxylic acids is 1. The number of guanidine groups is 1. The molecule has 2 aromatic rings. The number of hydrogen-bond donors (Lipinski definition) is 3. The maximum absolute atomic E-state index is 12.2. The minimum Gasteiger partial charge on any atom is -0.370 e. The molecule has 1 amide bonds. The molecule has 1 aromatic carbocycles. The summed E-state index contributed by atoms with van der Waals surface area (Å²) in [6, 6.07) is 7.20. The Balaban J connectivity index is 0.00000208. The monoisotopic (exact) mass is 369 g/mol. The van der Waals surface area contributed by atoms with E-state index in [0.717, 1.165) is 30.5 Å². The Morgan fingerprint density at radius 1 is 1.38 bits per heavy atom. The van der Waals surface area contributed by atoms with E-state index in [1.165, 1.54) is 12.8 Å². The smallest absolute Gasteiger partial charge is 0.274 e. The number of likely N-dealkylation sites (tertiary alicyclic amines) is 1. The predicted molar refractivity (Wildman–Crippen MR) is 100 cm³/mol. The van der Waals surface area contributed by atoms with Crippen molar-refractivity contribution in [3.8, 4) is 0 Å². The summed E-state index contributed by atoms with van der Waals surface area (Å²) in [6.07, 6.45) is 2.50. The summed E-state index contributed by atoms with van der Waals surface area (Å²) in [4.78, 5) is 21.8. The highest BCUT2D eigenvalue weighted by Gasteiger charge is 2.13. The van der Waals surface area contributed by atoms with Crippen LogP contribution in [-0.4, -0.2) is 47.9 Å². The van der Waals surface area contributed by atoms with Crippen molar-refractivity contribution in [2.24, 2.45) is 10.7 Å². The van der Waals surface area contributed by atoms with Crippen LogP contribution in [-0.2, 0) is 0 Å². The molecule has 0 saturated carbocycles. The van der Waals surface area contributed by atoms with Crippen molar-refractivity contribution in [2.45, 2.75) is 12.8 Å². The first-order valence-corrected chi connectivity index (χ1v) is 8.12. The molecule has 0 unspecified atom stereocenters. The van der Waals surface area contributed by atoms with E-state index in [1.54, 1.807) is 12.1 Å². The number of aliphatic imine (C=N–C) groups is 1. The van der Waals surface area contributed by atoms with Gasteiger partial charge >= 0.3 is 0 Å². The van der Waals surface area contributed by atoms with Crippen LogP contribution in [0.15, 0.2) is 29.3 Å². The van der Waals surface area contributed by atoms with Crippen molar-refractivity contribution in [2.75, 3.05) is 26.2 Å². The van der Waals surface area contributed by atoms with Gasteiger partial charge in [-0.05, 0) is 44.1 Å². The van der Waals surface area contributed by atoms with Crippen molar-refractivity contribution in [3.05, 3.63) is 35.0 Å². The second kappa shape index (κ2) is 8.37. The number of hydrogen-bond acceptors (Lipinski definition) is 3. The van der Waals surface area contributed by atoms with Gasteiger partial charge in [0.05, 0.1) is 6.54 Å². The Bertz CT molecular complexity index is 737. The van der Waals surface area contributed by atoms with Crippen molar-refractivity contribution in [1.82, 2.24) is 15.2 Å². The van der Waals surface area contributed by atoms with E-state index >= 15 is 0 Å². The molecule has 0 spiro atoms. The molecule has 1 aliphatic rings. The molecule has 8 heteroatoms. The highest BCUT2D eigenvalue weighted by molar-refractivity contribution is 6.35. The van der Waals surface area contributed by atoms with Gasteiger partial charge in [0.2, 0.25) is 0 Å². The molecule has 1 aliphatic heterocycles. The summed E-state index contributed by atoms with van der Waals surface area (Å²) in [5.74, 6) is -0.182. The maximum Gasteiger partial charge on any atom is 0.274 e. The Labute approximate surface area is 151 Å². The first-order chi connectivity index (χ1) is 11.1. The molecule has 1 saturated heterocycles. The van der Waals surface area contributed by atoms with Crippen molar-refractivity contribution >= 4 is 46.8 Å². The van der Waals surface area contributed by atoms with Gasteiger partial charge in [-0.2, -0.15) is 0 Å². The van der Waals surface area contributed by atoms with Crippen molar-refractivity contribution < 1.29 is 4.79 Å². The summed E-state index contributed by atoms with van der Waals surface area (Å²) in [5.41, 5.74) is 7.00. The number of halogens is 2. The lowest BCUT2D eigenvalue weighted by atomic mass is 10.2. The number of nitrogens with one attached hydrogen (secondary N) is 2. The molecule has 0 atom stereocenters. The van der Waals surface area contributed by atoms with Crippen LogP contribution in [0.3, 0.4) is 0 Å². The number of H-pyrrole nitrogens is 1. The van der Waals surface area contributed by atoms with Gasteiger partial charge in [-0.1, -0.05) is 17.7 Å². The van der Waals surface area contributed by atoms with Gasteiger partial charge in [0.1, 0.15) is 5.69 Å². The molecule has 6 nitrogen and oxygen atoms in total. The number of nitrogens with two attached hydrogens (primary N) is 1. The number of aromatic nitrogens is 1. The van der Waals surface area contributed by atoms with E-state index in [9.17, 15) is 4.79 Å². The largest absolute Gasteiger partial charge is 0.370 e. The SMILES string of the molecule is Cl.NC(=NCCN1CCCC1)NC(=O)c1cc2c(Cl)cccc2[nH]1. The molecule has 0 aliphatic carbocycles. The molecule has 3 rings (SSSR count). The van der Waals surface area contributed by atoms with Gasteiger partial charge < -0.3 is 15.6 Å². The zero-order valence-electron chi connectivity index (χ0n) is 13.2. The fourth-order valence-electron chi connectivity index (χ4n) is 2.78. The van der Waals surface area contributed by atoms with Crippen LogP contribution in [0, 0.1) is 0 Å². The number of aromatic amines is 1. The van der Waals surface area contributed by atoms with E-state index < -0.39 is 0 Å². The predicted octanol–water partition coefficient (Wildman–Crippen LogP) is 2.38. The van der Waals surface area contributed by atoms with Crippen LogP contribution in [0.2, 0.25) is 5.02 Å². The molecular weight excluding hydrogens is 349 g/mol.